The Bertz CT molecular complexity index is 1240. The van der Waals surface area contributed by atoms with Crippen LogP contribution in [0, 0.1) is 0 Å². The Morgan fingerprint density at radius 1 is 1.24 bits per heavy atom. The van der Waals surface area contributed by atoms with Crippen molar-refractivity contribution in [2.45, 2.75) is 22.7 Å². The summed E-state index contributed by atoms with van der Waals surface area (Å²) in [5.41, 5.74) is 3.60. The van der Waals surface area contributed by atoms with E-state index < -0.39 is 10.0 Å². The lowest BCUT2D eigenvalue weighted by molar-refractivity contribution is 0.601. The van der Waals surface area contributed by atoms with E-state index in [1.807, 2.05) is 12.3 Å². The van der Waals surface area contributed by atoms with E-state index in [4.69, 9.17) is 0 Å². The maximum Gasteiger partial charge on any atom is 0.263 e. The Morgan fingerprint density at radius 3 is 2.69 bits per heavy atom. The third-order valence-corrected chi connectivity index (χ3v) is 7.16. The Hall–Kier alpha value is -2.25. The molecule has 0 bridgehead atoms. The molecule has 29 heavy (non-hydrogen) atoms. The monoisotopic (exact) mass is 540 g/mol. The zero-order valence-corrected chi connectivity index (χ0v) is 19.1. The molecule has 0 unspecified atom stereocenters. The van der Waals surface area contributed by atoms with Gasteiger partial charge in [-0.05, 0) is 30.7 Å². The Balaban J connectivity index is 1.61. The molecule has 11 heteroatoms. The van der Waals surface area contributed by atoms with Crippen molar-refractivity contribution in [2.24, 2.45) is 0 Å². The van der Waals surface area contributed by atoms with E-state index in [0.717, 1.165) is 39.3 Å². The highest BCUT2D eigenvalue weighted by molar-refractivity contribution is 14.1. The minimum atomic E-state index is -3.68. The predicted octanol–water partition coefficient (Wildman–Crippen LogP) is 4.23. The molecule has 1 aromatic carbocycles. The van der Waals surface area contributed by atoms with Gasteiger partial charge < -0.3 is 5.32 Å². The van der Waals surface area contributed by atoms with Crippen LogP contribution in [0.5, 0.6) is 0 Å². The number of benzene rings is 1. The molecule has 0 radical (unpaired) electrons. The number of nitrogens with zero attached hydrogens (tertiary/aromatic N) is 4. The quantitative estimate of drug-likeness (QED) is 0.269. The Morgan fingerprint density at radius 2 is 2.03 bits per heavy atom. The summed E-state index contributed by atoms with van der Waals surface area (Å²) < 4.78 is 30.0. The summed E-state index contributed by atoms with van der Waals surface area (Å²) in [7, 11) is -3.68. The number of aromatic nitrogens is 4. The molecule has 8 nitrogen and oxygen atoms in total. The molecular formula is C18H17IN6O2S2. The second kappa shape index (κ2) is 8.24. The van der Waals surface area contributed by atoms with E-state index in [9.17, 15) is 8.42 Å². The smallest absolute Gasteiger partial charge is 0.263 e. The van der Waals surface area contributed by atoms with Crippen LogP contribution in [0.4, 0.5) is 16.6 Å². The average molecular weight is 540 g/mol. The summed E-state index contributed by atoms with van der Waals surface area (Å²) in [6.07, 6.45) is 4.22. The van der Waals surface area contributed by atoms with Crippen molar-refractivity contribution in [3.63, 3.8) is 0 Å². The van der Waals surface area contributed by atoms with Crippen LogP contribution in [0.2, 0.25) is 0 Å². The normalized spacial score (nSPS) is 11.7. The molecule has 0 atom stereocenters. The molecule has 0 saturated carbocycles. The van der Waals surface area contributed by atoms with Crippen LogP contribution in [0.1, 0.15) is 18.2 Å². The first-order valence-corrected chi connectivity index (χ1v) is 12.6. The summed E-state index contributed by atoms with van der Waals surface area (Å²) in [6, 6.07) is 8.49. The first-order valence-electron chi connectivity index (χ1n) is 8.72. The molecule has 0 aliphatic rings. The maximum absolute atomic E-state index is 12.5. The van der Waals surface area contributed by atoms with Crippen LogP contribution >= 0.6 is 33.9 Å². The van der Waals surface area contributed by atoms with Crippen LogP contribution in [-0.2, 0) is 20.9 Å². The summed E-state index contributed by atoms with van der Waals surface area (Å²) in [4.78, 5) is 8.79. The minimum Gasteiger partial charge on any atom is -0.340 e. The van der Waals surface area contributed by atoms with Gasteiger partial charge in [-0.2, -0.15) is 9.61 Å². The van der Waals surface area contributed by atoms with Gasteiger partial charge in [0, 0.05) is 33.3 Å². The first-order chi connectivity index (χ1) is 14.0. The van der Waals surface area contributed by atoms with Gasteiger partial charge in [-0.15, -0.1) is 11.3 Å². The van der Waals surface area contributed by atoms with Gasteiger partial charge in [0.1, 0.15) is 5.82 Å². The average Bonchev–Trinajstić information content (AvgIpc) is 3.37. The Kier molecular flexibility index (Phi) is 5.69. The van der Waals surface area contributed by atoms with Gasteiger partial charge in [-0.25, -0.2) is 18.4 Å². The molecule has 150 valence electrons. The number of thiazole rings is 1. The van der Waals surface area contributed by atoms with E-state index >= 15 is 0 Å². The molecule has 3 heterocycles. The van der Waals surface area contributed by atoms with Crippen molar-refractivity contribution in [2.75, 3.05) is 10.0 Å². The lowest BCUT2D eigenvalue weighted by atomic mass is 10.2. The zero-order valence-electron chi connectivity index (χ0n) is 15.3. The number of sulfonamides is 1. The number of fused-ring (bicyclic) bond motifs is 1. The van der Waals surface area contributed by atoms with Gasteiger partial charge in [0.05, 0.1) is 16.8 Å². The molecule has 2 N–H and O–H groups in total. The van der Waals surface area contributed by atoms with Crippen LogP contribution in [0.3, 0.4) is 0 Å². The van der Waals surface area contributed by atoms with E-state index in [1.165, 1.54) is 11.3 Å². The van der Waals surface area contributed by atoms with Gasteiger partial charge in [-0.1, -0.05) is 29.5 Å². The molecule has 0 amide bonds. The predicted molar refractivity (Wildman–Crippen MR) is 123 cm³/mol. The summed E-state index contributed by atoms with van der Waals surface area (Å²) in [5, 5.41) is 9.80. The van der Waals surface area contributed by atoms with E-state index in [-0.39, 0.29) is 4.90 Å². The molecule has 4 rings (SSSR count). The fourth-order valence-electron chi connectivity index (χ4n) is 2.78. The van der Waals surface area contributed by atoms with Crippen molar-refractivity contribution < 1.29 is 8.42 Å². The second-order valence-electron chi connectivity index (χ2n) is 6.12. The highest BCUT2D eigenvalue weighted by Gasteiger charge is 2.16. The number of hydrogen-bond donors (Lipinski definition) is 2. The minimum absolute atomic E-state index is 0.165. The van der Waals surface area contributed by atoms with Gasteiger partial charge in [-0.3, -0.25) is 4.72 Å². The lowest BCUT2D eigenvalue weighted by Gasteiger charge is -2.11. The number of alkyl halides is 1. The fourth-order valence-corrected chi connectivity index (χ4v) is 4.96. The zero-order chi connectivity index (χ0) is 20.4. The van der Waals surface area contributed by atoms with E-state index in [2.05, 4.69) is 54.6 Å². The molecule has 4 aromatic rings. The number of rotatable bonds is 7. The molecule has 0 fully saturated rings. The summed E-state index contributed by atoms with van der Waals surface area (Å²) >= 11 is 3.51. The van der Waals surface area contributed by atoms with E-state index in [1.54, 1.807) is 40.4 Å². The molecule has 0 aliphatic heterocycles. The third-order valence-electron chi connectivity index (χ3n) is 4.21. The largest absolute Gasteiger partial charge is 0.340 e. The number of hydrogen-bond acceptors (Lipinski definition) is 7. The third kappa shape index (κ3) is 4.21. The van der Waals surface area contributed by atoms with Gasteiger partial charge in [0.15, 0.2) is 10.8 Å². The molecule has 0 aliphatic carbocycles. The second-order valence-corrected chi connectivity index (χ2v) is 9.46. The standard InChI is InChI=1S/C18H17IN6O2S2/c1-2-12-11-21-25-16(9-14(10-19)23-17(12)25)22-13-3-5-15(6-4-13)29(26,27)24-18-20-7-8-28-18/h3-9,11,22H,2,10H2,1H3,(H,20,24). The topological polar surface area (TPSA) is 101 Å². The van der Waals surface area contributed by atoms with Crippen molar-refractivity contribution >= 4 is 66.2 Å². The van der Waals surface area contributed by atoms with Crippen molar-refractivity contribution in [1.29, 1.82) is 0 Å². The van der Waals surface area contributed by atoms with E-state index in [0.29, 0.717) is 5.13 Å². The molecule has 3 aromatic heterocycles. The molecule has 0 saturated heterocycles. The maximum atomic E-state index is 12.5. The van der Waals surface area contributed by atoms with Crippen molar-refractivity contribution in [1.82, 2.24) is 19.6 Å². The van der Waals surface area contributed by atoms with Crippen LogP contribution in [-0.4, -0.2) is 28.0 Å². The van der Waals surface area contributed by atoms with Gasteiger partial charge >= 0.3 is 0 Å². The molecular weight excluding hydrogens is 523 g/mol. The van der Waals surface area contributed by atoms with Gasteiger partial charge in [0.25, 0.3) is 10.0 Å². The van der Waals surface area contributed by atoms with Gasteiger partial charge in [0.2, 0.25) is 0 Å². The summed E-state index contributed by atoms with van der Waals surface area (Å²) in [5.74, 6) is 0.776. The first kappa shape index (κ1) is 20.0. The number of aryl methyl sites for hydroxylation is 1. The lowest BCUT2D eigenvalue weighted by Crippen LogP contribution is -2.12. The number of halogens is 1. The highest BCUT2D eigenvalue weighted by atomic mass is 127. The summed E-state index contributed by atoms with van der Waals surface area (Å²) in [6.45, 7) is 2.07. The highest BCUT2D eigenvalue weighted by Crippen LogP contribution is 2.24. The van der Waals surface area contributed by atoms with Crippen LogP contribution in [0.15, 0.2) is 53.0 Å². The Labute approximate surface area is 185 Å². The number of anilines is 3. The molecule has 0 spiro atoms. The SMILES string of the molecule is CCc1cnn2c(Nc3ccc(S(=O)(=O)Nc4nccs4)cc3)cc(CI)nc12. The fraction of sp³-hybridized carbons (Fsp3) is 0.167. The van der Waals surface area contributed by atoms with Crippen LogP contribution in [0.25, 0.3) is 5.65 Å². The number of nitrogens with one attached hydrogen (secondary N) is 2. The van der Waals surface area contributed by atoms with Crippen LogP contribution < -0.4 is 10.0 Å². The van der Waals surface area contributed by atoms with Crippen molar-refractivity contribution in [3.05, 3.63) is 59.4 Å². The van der Waals surface area contributed by atoms with Crippen molar-refractivity contribution in [3.8, 4) is 0 Å².